The van der Waals surface area contributed by atoms with Crippen molar-refractivity contribution in [3.05, 3.63) is 39.8 Å². The molecule has 0 aliphatic heterocycles. The van der Waals surface area contributed by atoms with Crippen LogP contribution in [0.4, 0.5) is 0 Å². The van der Waals surface area contributed by atoms with Crippen LogP contribution in [-0.2, 0) is 16.1 Å². The summed E-state index contributed by atoms with van der Waals surface area (Å²) in [5.74, 6) is -0.985. The molecule has 1 N–H and O–H groups in total. The number of halogens is 1. The van der Waals surface area contributed by atoms with E-state index in [0.717, 1.165) is 20.7 Å². The first-order valence-electron chi connectivity index (χ1n) is 5.96. The topological polar surface area (TPSA) is 59.4 Å². The number of rotatable bonds is 5. The molecule has 106 valence electrons. The Balaban J connectivity index is 2.06. The van der Waals surface area contributed by atoms with Gasteiger partial charge in [0, 0.05) is 15.4 Å². The molecular formula is C14H14BrNO3S. The lowest BCUT2D eigenvalue weighted by atomic mass is 10.1. The molecule has 2 rings (SSSR count). The molecule has 20 heavy (non-hydrogen) atoms. The van der Waals surface area contributed by atoms with Gasteiger partial charge >= 0.3 is 5.97 Å². The van der Waals surface area contributed by atoms with Crippen LogP contribution in [0.25, 0.3) is 10.6 Å². The second-order valence-corrected chi connectivity index (χ2v) is 6.53. The summed E-state index contributed by atoms with van der Waals surface area (Å²) in [6.07, 6.45) is 0. The minimum Gasteiger partial charge on any atom is -0.479 e. The third-order valence-electron chi connectivity index (χ3n) is 2.74. The summed E-state index contributed by atoms with van der Waals surface area (Å²) in [4.78, 5) is 15.4. The van der Waals surface area contributed by atoms with E-state index in [1.165, 1.54) is 25.2 Å². The molecule has 0 unspecified atom stereocenters. The lowest BCUT2D eigenvalue weighted by Crippen LogP contribution is -2.34. The normalized spacial score (nSPS) is 11.6. The van der Waals surface area contributed by atoms with Gasteiger partial charge in [-0.3, -0.25) is 0 Å². The van der Waals surface area contributed by atoms with Crippen LogP contribution >= 0.6 is 27.3 Å². The Hall–Kier alpha value is -1.24. The summed E-state index contributed by atoms with van der Waals surface area (Å²) >= 11 is 4.90. The smallest absolute Gasteiger partial charge is 0.335 e. The molecule has 1 aromatic heterocycles. The third-order valence-corrected chi connectivity index (χ3v) is 4.21. The van der Waals surface area contributed by atoms with Crippen LogP contribution in [0, 0.1) is 0 Å². The molecule has 1 heterocycles. The highest BCUT2D eigenvalue weighted by molar-refractivity contribution is 9.10. The molecule has 0 bridgehead atoms. The van der Waals surface area contributed by atoms with Gasteiger partial charge in [0.2, 0.25) is 0 Å². The van der Waals surface area contributed by atoms with E-state index >= 15 is 0 Å². The predicted molar refractivity (Wildman–Crippen MR) is 81.8 cm³/mol. The first-order chi connectivity index (χ1) is 9.38. The Bertz CT molecular complexity index is 607. The Labute approximate surface area is 129 Å². The standard InChI is InChI=1S/C14H14BrNO3S/c1-14(2,13(17)18)19-7-11-8-20-12(16-11)9-3-5-10(15)6-4-9/h3-6,8H,7H2,1-2H3,(H,17,18). The molecule has 0 fully saturated rings. The maximum Gasteiger partial charge on any atom is 0.335 e. The van der Waals surface area contributed by atoms with Crippen molar-refractivity contribution in [1.29, 1.82) is 0 Å². The Morgan fingerprint density at radius 2 is 2.05 bits per heavy atom. The van der Waals surface area contributed by atoms with Crippen molar-refractivity contribution in [3.63, 3.8) is 0 Å². The van der Waals surface area contributed by atoms with E-state index in [0.29, 0.717) is 0 Å². The zero-order valence-electron chi connectivity index (χ0n) is 11.1. The van der Waals surface area contributed by atoms with E-state index in [9.17, 15) is 4.79 Å². The van der Waals surface area contributed by atoms with Crippen LogP contribution in [-0.4, -0.2) is 21.7 Å². The highest BCUT2D eigenvalue weighted by Gasteiger charge is 2.28. The summed E-state index contributed by atoms with van der Waals surface area (Å²) in [5.41, 5.74) is 0.561. The van der Waals surface area contributed by atoms with Crippen LogP contribution < -0.4 is 0 Å². The van der Waals surface area contributed by atoms with E-state index in [1.807, 2.05) is 29.6 Å². The molecule has 4 nitrogen and oxygen atoms in total. The number of carboxylic acids is 1. The van der Waals surface area contributed by atoms with Gasteiger partial charge in [-0.1, -0.05) is 28.1 Å². The first-order valence-corrected chi connectivity index (χ1v) is 7.63. The molecule has 0 aliphatic carbocycles. The van der Waals surface area contributed by atoms with E-state index in [1.54, 1.807) is 0 Å². The molecule has 0 aliphatic rings. The van der Waals surface area contributed by atoms with Gasteiger partial charge in [0.15, 0.2) is 5.60 Å². The van der Waals surface area contributed by atoms with Gasteiger partial charge < -0.3 is 9.84 Å². The molecule has 6 heteroatoms. The van der Waals surface area contributed by atoms with Crippen molar-refractivity contribution in [3.8, 4) is 10.6 Å². The van der Waals surface area contributed by atoms with E-state index in [2.05, 4.69) is 20.9 Å². The van der Waals surface area contributed by atoms with Crippen LogP contribution in [0.15, 0.2) is 34.1 Å². The second-order valence-electron chi connectivity index (χ2n) is 4.76. The molecule has 0 atom stereocenters. The lowest BCUT2D eigenvalue weighted by Gasteiger charge is -2.19. The zero-order valence-corrected chi connectivity index (χ0v) is 13.5. The van der Waals surface area contributed by atoms with Crippen LogP contribution in [0.3, 0.4) is 0 Å². The SMILES string of the molecule is CC(C)(OCc1csc(-c2ccc(Br)cc2)n1)C(=O)O. The van der Waals surface area contributed by atoms with Gasteiger partial charge in [-0.2, -0.15) is 0 Å². The Morgan fingerprint density at radius 3 is 2.65 bits per heavy atom. The second kappa shape index (κ2) is 6.03. The maximum absolute atomic E-state index is 11.0. The van der Waals surface area contributed by atoms with E-state index in [-0.39, 0.29) is 6.61 Å². The number of aliphatic carboxylic acids is 1. The predicted octanol–water partition coefficient (Wildman–Crippen LogP) is 3.95. The Kier molecular flexibility index (Phi) is 4.57. The average molecular weight is 356 g/mol. The monoisotopic (exact) mass is 355 g/mol. The summed E-state index contributed by atoms with van der Waals surface area (Å²) in [5, 5.41) is 11.8. The molecule has 0 radical (unpaired) electrons. The van der Waals surface area contributed by atoms with E-state index < -0.39 is 11.6 Å². The van der Waals surface area contributed by atoms with Crippen LogP contribution in [0.2, 0.25) is 0 Å². The first kappa shape index (κ1) is 15.2. The molecular weight excluding hydrogens is 342 g/mol. The van der Waals surface area contributed by atoms with Gasteiger partial charge in [-0.05, 0) is 26.0 Å². The zero-order chi connectivity index (χ0) is 14.8. The number of ether oxygens (including phenoxy) is 1. The number of thiazole rings is 1. The van der Waals surface area contributed by atoms with E-state index in [4.69, 9.17) is 9.84 Å². The summed E-state index contributed by atoms with van der Waals surface area (Å²) in [6.45, 7) is 3.24. The fourth-order valence-corrected chi connectivity index (χ4v) is 2.49. The fraction of sp³-hybridized carbons (Fsp3) is 0.286. The number of carbonyl (C=O) groups is 1. The van der Waals surface area contributed by atoms with Crippen LogP contribution in [0.1, 0.15) is 19.5 Å². The quantitative estimate of drug-likeness (QED) is 0.881. The highest BCUT2D eigenvalue weighted by Crippen LogP contribution is 2.26. The number of hydrogen-bond donors (Lipinski definition) is 1. The maximum atomic E-state index is 11.0. The molecule has 2 aromatic rings. The average Bonchev–Trinajstić information content (AvgIpc) is 2.86. The summed E-state index contributed by atoms with van der Waals surface area (Å²) < 4.78 is 6.40. The minimum atomic E-state index is -1.21. The molecule has 0 amide bonds. The summed E-state index contributed by atoms with van der Waals surface area (Å²) in [6, 6.07) is 7.88. The van der Waals surface area contributed by atoms with Crippen molar-refractivity contribution in [2.45, 2.75) is 26.1 Å². The van der Waals surface area contributed by atoms with Gasteiger partial charge in [0.25, 0.3) is 0 Å². The summed E-state index contributed by atoms with van der Waals surface area (Å²) in [7, 11) is 0. The van der Waals surface area contributed by atoms with Gasteiger partial charge in [0.1, 0.15) is 5.01 Å². The minimum absolute atomic E-state index is 0.187. The number of benzene rings is 1. The van der Waals surface area contributed by atoms with Crippen molar-refractivity contribution in [1.82, 2.24) is 4.98 Å². The number of hydrogen-bond acceptors (Lipinski definition) is 4. The van der Waals surface area contributed by atoms with Gasteiger partial charge in [0.05, 0.1) is 12.3 Å². The van der Waals surface area contributed by atoms with Crippen molar-refractivity contribution < 1.29 is 14.6 Å². The van der Waals surface area contributed by atoms with Gasteiger partial charge in [-0.25, -0.2) is 9.78 Å². The lowest BCUT2D eigenvalue weighted by molar-refractivity contribution is -0.162. The number of carboxylic acid groups (broad SMARTS) is 1. The fourth-order valence-electron chi connectivity index (χ4n) is 1.41. The highest BCUT2D eigenvalue weighted by atomic mass is 79.9. The number of aromatic nitrogens is 1. The van der Waals surface area contributed by atoms with Crippen molar-refractivity contribution in [2.24, 2.45) is 0 Å². The van der Waals surface area contributed by atoms with Crippen LogP contribution in [0.5, 0.6) is 0 Å². The number of nitrogens with zero attached hydrogens (tertiary/aromatic N) is 1. The molecule has 0 saturated heterocycles. The molecule has 1 aromatic carbocycles. The van der Waals surface area contributed by atoms with Gasteiger partial charge in [-0.15, -0.1) is 11.3 Å². The largest absolute Gasteiger partial charge is 0.479 e. The Morgan fingerprint density at radius 1 is 1.40 bits per heavy atom. The van der Waals surface area contributed by atoms with Crippen molar-refractivity contribution >= 4 is 33.2 Å². The van der Waals surface area contributed by atoms with Crippen molar-refractivity contribution in [2.75, 3.05) is 0 Å². The molecule has 0 saturated carbocycles. The third kappa shape index (κ3) is 3.65. The molecule has 0 spiro atoms.